The fourth-order valence-corrected chi connectivity index (χ4v) is 1.96. The topological polar surface area (TPSA) is 69.1 Å². The molecule has 1 atom stereocenters. The highest BCUT2D eigenvalue weighted by molar-refractivity contribution is 5.79. The van der Waals surface area contributed by atoms with Crippen LogP contribution < -0.4 is 10.6 Å². The van der Waals surface area contributed by atoms with Crippen LogP contribution in [0.1, 0.15) is 13.8 Å². The molecule has 0 spiro atoms. The van der Waals surface area contributed by atoms with Gasteiger partial charge in [0, 0.05) is 39.8 Å². The van der Waals surface area contributed by atoms with Crippen molar-refractivity contribution in [3.63, 3.8) is 0 Å². The fourth-order valence-electron chi connectivity index (χ4n) is 1.96. The van der Waals surface area contributed by atoms with Gasteiger partial charge in [0.2, 0.25) is 0 Å². The van der Waals surface area contributed by atoms with Crippen molar-refractivity contribution in [3.8, 4) is 0 Å². The zero-order valence-electron chi connectivity index (χ0n) is 11.7. The van der Waals surface area contributed by atoms with Crippen LogP contribution in [-0.4, -0.2) is 74.6 Å². The van der Waals surface area contributed by atoms with E-state index < -0.39 is 5.60 Å². The minimum Gasteiger partial charge on any atom is -0.387 e. The molecule has 0 aromatic heterocycles. The third kappa shape index (κ3) is 5.66. The van der Waals surface area contributed by atoms with E-state index in [1.807, 2.05) is 13.8 Å². The number of rotatable bonds is 5. The van der Waals surface area contributed by atoms with E-state index in [1.165, 1.54) is 0 Å². The average molecular weight is 258 g/mol. The van der Waals surface area contributed by atoms with E-state index in [-0.39, 0.29) is 0 Å². The Hall–Kier alpha value is -0.850. The molecule has 1 rings (SSSR count). The molecule has 1 unspecified atom stereocenters. The van der Waals surface area contributed by atoms with E-state index in [9.17, 15) is 5.11 Å². The third-order valence-corrected chi connectivity index (χ3v) is 2.87. The van der Waals surface area contributed by atoms with Crippen LogP contribution in [-0.2, 0) is 4.74 Å². The van der Waals surface area contributed by atoms with Crippen LogP contribution in [0, 0.1) is 0 Å². The zero-order chi connectivity index (χ0) is 13.4. The summed E-state index contributed by atoms with van der Waals surface area (Å²) in [4.78, 5) is 6.30. The molecule has 1 heterocycles. The van der Waals surface area contributed by atoms with E-state index in [1.54, 1.807) is 7.05 Å². The van der Waals surface area contributed by atoms with E-state index in [2.05, 4.69) is 20.5 Å². The summed E-state index contributed by atoms with van der Waals surface area (Å²) in [7, 11) is 1.72. The first-order valence-electron chi connectivity index (χ1n) is 6.54. The fraction of sp³-hybridized carbons (Fsp3) is 0.917. The van der Waals surface area contributed by atoms with Crippen molar-refractivity contribution in [2.75, 3.05) is 53.0 Å². The van der Waals surface area contributed by atoms with Crippen LogP contribution in [0.5, 0.6) is 0 Å². The van der Waals surface area contributed by atoms with Crippen molar-refractivity contribution in [2.45, 2.75) is 19.4 Å². The largest absolute Gasteiger partial charge is 0.387 e. The van der Waals surface area contributed by atoms with Gasteiger partial charge in [0.25, 0.3) is 0 Å². The lowest BCUT2D eigenvalue weighted by Crippen LogP contribution is -2.52. The second-order valence-electron chi connectivity index (χ2n) is 4.84. The highest BCUT2D eigenvalue weighted by Crippen LogP contribution is 2.07. The predicted octanol–water partition coefficient (Wildman–Crippen LogP) is -0.745. The monoisotopic (exact) mass is 258 g/mol. The Kier molecular flexibility index (Phi) is 6.38. The van der Waals surface area contributed by atoms with Crippen LogP contribution in [0.2, 0.25) is 0 Å². The first-order valence-corrected chi connectivity index (χ1v) is 6.54. The maximum atomic E-state index is 10.4. The Morgan fingerprint density at radius 1 is 1.39 bits per heavy atom. The molecule has 106 valence electrons. The maximum Gasteiger partial charge on any atom is 0.191 e. The van der Waals surface area contributed by atoms with Gasteiger partial charge in [-0.2, -0.15) is 0 Å². The summed E-state index contributed by atoms with van der Waals surface area (Å²) < 4.78 is 5.29. The number of guanidine groups is 1. The number of aliphatic hydroxyl groups is 1. The molecule has 3 N–H and O–H groups in total. The van der Waals surface area contributed by atoms with Gasteiger partial charge in [-0.05, 0) is 13.8 Å². The number of aliphatic imine (C=N–C) groups is 1. The van der Waals surface area contributed by atoms with Gasteiger partial charge in [0.05, 0.1) is 18.8 Å². The third-order valence-electron chi connectivity index (χ3n) is 2.87. The molecule has 0 bridgehead atoms. The van der Waals surface area contributed by atoms with Gasteiger partial charge in [0.1, 0.15) is 0 Å². The van der Waals surface area contributed by atoms with Gasteiger partial charge in [-0.3, -0.25) is 9.89 Å². The van der Waals surface area contributed by atoms with Gasteiger partial charge >= 0.3 is 0 Å². The van der Waals surface area contributed by atoms with Gasteiger partial charge in [-0.15, -0.1) is 0 Å². The highest BCUT2D eigenvalue weighted by Gasteiger charge is 2.25. The van der Waals surface area contributed by atoms with Crippen LogP contribution in [0.4, 0.5) is 0 Å². The van der Waals surface area contributed by atoms with E-state index >= 15 is 0 Å². The van der Waals surface area contributed by atoms with Crippen molar-refractivity contribution in [1.82, 2.24) is 15.5 Å². The second kappa shape index (κ2) is 7.56. The molecule has 6 heteroatoms. The molecule has 0 aliphatic carbocycles. The summed E-state index contributed by atoms with van der Waals surface area (Å²) >= 11 is 0. The molecule has 18 heavy (non-hydrogen) atoms. The minimum atomic E-state index is -0.775. The van der Waals surface area contributed by atoms with E-state index in [0.717, 1.165) is 38.8 Å². The average Bonchev–Trinajstić information content (AvgIpc) is 2.35. The van der Waals surface area contributed by atoms with Crippen molar-refractivity contribution in [1.29, 1.82) is 0 Å². The number of ether oxygens (including phenoxy) is 1. The number of hydrogen-bond donors (Lipinski definition) is 3. The summed E-state index contributed by atoms with van der Waals surface area (Å²) in [5.74, 6) is 0.722. The molecule has 0 saturated carbocycles. The van der Waals surface area contributed by atoms with E-state index in [4.69, 9.17) is 4.74 Å². The van der Waals surface area contributed by atoms with Gasteiger partial charge in [-0.25, -0.2) is 0 Å². The Bertz CT molecular complexity index is 263. The molecule has 1 aliphatic rings. The smallest absolute Gasteiger partial charge is 0.191 e. The lowest BCUT2D eigenvalue weighted by Gasteiger charge is -2.34. The molecule has 1 aliphatic heterocycles. The number of hydrogen-bond acceptors (Lipinski definition) is 4. The molecule has 1 saturated heterocycles. The minimum absolute atomic E-state index is 0.476. The van der Waals surface area contributed by atoms with Crippen molar-refractivity contribution < 1.29 is 9.84 Å². The summed E-state index contributed by atoms with van der Waals surface area (Å²) in [6, 6.07) is 0. The zero-order valence-corrected chi connectivity index (χ0v) is 11.7. The summed E-state index contributed by atoms with van der Waals surface area (Å²) in [6.45, 7) is 9.07. The van der Waals surface area contributed by atoms with Crippen LogP contribution in [0.25, 0.3) is 0 Å². The molecule has 0 radical (unpaired) electrons. The SMILES string of the molecule is CCNC(=NC)NCC(C)(O)CN1CCOCC1. The van der Waals surface area contributed by atoms with Crippen molar-refractivity contribution in [2.24, 2.45) is 4.99 Å². The molecule has 0 aromatic carbocycles. The lowest BCUT2D eigenvalue weighted by molar-refractivity contribution is -0.0201. The number of β-amino-alcohol motifs (C(OH)–C–C–N with tert-alkyl or cyclic N) is 1. The standard InChI is InChI=1S/C12H26N4O2/c1-4-14-11(13-3)15-9-12(2,17)10-16-5-7-18-8-6-16/h17H,4-10H2,1-3H3,(H2,13,14,15). The highest BCUT2D eigenvalue weighted by atomic mass is 16.5. The number of morpholine rings is 1. The maximum absolute atomic E-state index is 10.4. The van der Waals surface area contributed by atoms with Gasteiger partial charge in [-0.1, -0.05) is 0 Å². The molecular formula is C12H26N4O2. The lowest BCUT2D eigenvalue weighted by atomic mass is 10.1. The number of nitrogens with zero attached hydrogens (tertiary/aromatic N) is 2. The van der Waals surface area contributed by atoms with Gasteiger partial charge < -0.3 is 20.5 Å². The summed E-state index contributed by atoms with van der Waals surface area (Å²) in [5.41, 5.74) is -0.775. The molecular weight excluding hydrogens is 232 g/mol. The molecule has 6 nitrogen and oxygen atoms in total. The first-order chi connectivity index (χ1) is 8.57. The van der Waals surface area contributed by atoms with Crippen LogP contribution in [0.15, 0.2) is 4.99 Å². The summed E-state index contributed by atoms with van der Waals surface area (Å²) in [6.07, 6.45) is 0. The normalized spacial score (nSPS) is 21.4. The predicted molar refractivity (Wildman–Crippen MR) is 72.9 cm³/mol. The Morgan fingerprint density at radius 3 is 2.61 bits per heavy atom. The molecule has 1 fully saturated rings. The quantitative estimate of drug-likeness (QED) is 0.447. The molecule has 0 amide bonds. The second-order valence-corrected chi connectivity index (χ2v) is 4.84. The Labute approximate surface area is 109 Å². The Balaban J connectivity index is 2.33. The van der Waals surface area contributed by atoms with Crippen molar-refractivity contribution in [3.05, 3.63) is 0 Å². The van der Waals surface area contributed by atoms with Crippen molar-refractivity contribution >= 4 is 5.96 Å². The van der Waals surface area contributed by atoms with Crippen LogP contribution >= 0.6 is 0 Å². The molecule has 0 aromatic rings. The van der Waals surface area contributed by atoms with E-state index in [0.29, 0.717) is 13.1 Å². The Morgan fingerprint density at radius 2 is 2.06 bits per heavy atom. The first kappa shape index (κ1) is 15.2. The summed E-state index contributed by atoms with van der Waals surface area (Å²) in [5, 5.41) is 16.6. The van der Waals surface area contributed by atoms with Gasteiger partial charge in [0.15, 0.2) is 5.96 Å². The number of nitrogens with one attached hydrogen (secondary N) is 2. The van der Waals surface area contributed by atoms with Crippen LogP contribution in [0.3, 0.4) is 0 Å².